The number of nitrogens with zero attached hydrogens (tertiary/aromatic N) is 2. The highest BCUT2D eigenvalue weighted by molar-refractivity contribution is 6.07. The molecule has 3 heteroatoms. The van der Waals surface area contributed by atoms with Crippen molar-refractivity contribution in [2.45, 2.75) is 19.3 Å². The molecule has 1 aliphatic carbocycles. The Balaban J connectivity index is 1.40. The lowest BCUT2D eigenvalue weighted by molar-refractivity contribution is 0.0616. The second-order valence-electron chi connectivity index (χ2n) is 7.27. The number of amides is 1. The minimum Gasteiger partial charge on any atom is -0.336 e. The molecule has 25 heavy (non-hydrogen) atoms. The molecule has 130 valence electrons. The summed E-state index contributed by atoms with van der Waals surface area (Å²) in [4.78, 5) is 17.6. The van der Waals surface area contributed by atoms with Gasteiger partial charge in [0.05, 0.1) is 0 Å². The number of carbonyl (C=O) groups excluding carboxylic acids is 1. The predicted octanol–water partition coefficient (Wildman–Crippen LogP) is 3.95. The van der Waals surface area contributed by atoms with E-state index in [-0.39, 0.29) is 5.91 Å². The highest BCUT2D eigenvalue weighted by Gasteiger charge is 2.24. The normalized spacial score (nSPS) is 21.6. The van der Waals surface area contributed by atoms with Gasteiger partial charge in [0.25, 0.3) is 5.91 Å². The van der Waals surface area contributed by atoms with Crippen LogP contribution in [0.5, 0.6) is 0 Å². The molecule has 2 aromatic carbocycles. The van der Waals surface area contributed by atoms with Crippen LogP contribution in [0.25, 0.3) is 10.8 Å². The van der Waals surface area contributed by atoms with Crippen LogP contribution in [0, 0.1) is 5.92 Å². The number of piperazine rings is 1. The van der Waals surface area contributed by atoms with E-state index < -0.39 is 0 Å². The second kappa shape index (κ2) is 7.40. The third-order valence-corrected chi connectivity index (χ3v) is 5.57. The predicted molar refractivity (Wildman–Crippen MR) is 103 cm³/mol. The van der Waals surface area contributed by atoms with E-state index in [0.29, 0.717) is 0 Å². The van der Waals surface area contributed by atoms with Crippen LogP contribution in [0.1, 0.15) is 29.6 Å². The molecular formula is C22H26N2O. The maximum absolute atomic E-state index is 13.0. The van der Waals surface area contributed by atoms with Crippen molar-refractivity contribution in [2.24, 2.45) is 5.92 Å². The maximum Gasteiger partial charge on any atom is 0.254 e. The molecule has 0 N–H and O–H groups in total. The molecule has 2 aromatic rings. The SMILES string of the molecule is O=C(c1cccc2ccccc12)N1CCN(C[C@@H]2CC=CCC2)CC1. The average Bonchev–Trinajstić information content (AvgIpc) is 2.68. The summed E-state index contributed by atoms with van der Waals surface area (Å²) in [5, 5.41) is 2.20. The Kier molecular flexibility index (Phi) is 4.84. The minimum absolute atomic E-state index is 0.178. The molecule has 0 unspecified atom stereocenters. The first-order chi connectivity index (χ1) is 12.3. The number of allylic oxidation sites excluding steroid dienone is 2. The Labute approximate surface area is 149 Å². The fraction of sp³-hybridized carbons (Fsp3) is 0.409. The van der Waals surface area contributed by atoms with Gasteiger partial charge in [-0.1, -0.05) is 48.6 Å². The number of hydrogen-bond acceptors (Lipinski definition) is 2. The Bertz CT molecular complexity index is 769. The van der Waals surface area contributed by atoms with E-state index >= 15 is 0 Å². The van der Waals surface area contributed by atoms with Gasteiger partial charge in [0, 0.05) is 38.3 Å². The summed E-state index contributed by atoms with van der Waals surface area (Å²) in [5.74, 6) is 0.974. The standard InChI is InChI=1S/C22H26N2O/c25-22(21-12-6-10-19-9-4-5-11-20(19)21)24-15-13-23(14-16-24)17-18-7-2-1-3-8-18/h1-2,4-6,9-12,18H,3,7-8,13-17H2/t18-/m1/s1. The molecule has 3 nitrogen and oxygen atoms in total. The Morgan fingerprint density at radius 2 is 1.76 bits per heavy atom. The fourth-order valence-corrected chi connectivity index (χ4v) is 4.10. The molecule has 0 spiro atoms. The highest BCUT2D eigenvalue weighted by atomic mass is 16.2. The van der Waals surface area contributed by atoms with E-state index in [1.54, 1.807) is 0 Å². The molecule has 1 aliphatic heterocycles. The van der Waals surface area contributed by atoms with Gasteiger partial charge >= 0.3 is 0 Å². The first-order valence-electron chi connectivity index (χ1n) is 9.45. The number of fused-ring (bicyclic) bond motifs is 1. The molecule has 0 bridgehead atoms. The van der Waals surface area contributed by atoms with E-state index in [4.69, 9.17) is 0 Å². The molecule has 2 aliphatic rings. The summed E-state index contributed by atoms with van der Waals surface area (Å²) in [6, 6.07) is 14.2. The van der Waals surface area contributed by atoms with Gasteiger partial charge in [0.15, 0.2) is 0 Å². The first-order valence-corrected chi connectivity index (χ1v) is 9.45. The van der Waals surface area contributed by atoms with E-state index in [2.05, 4.69) is 35.3 Å². The molecule has 1 fully saturated rings. The molecule has 1 saturated heterocycles. The summed E-state index contributed by atoms with van der Waals surface area (Å²) >= 11 is 0. The van der Waals surface area contributed by atoms with Crippen molar-refractivity contribution in [2.75, 3.05) is 32.7 Å². The number of benzene rings is 2. The zero-order chi connectivity index (χ0) is 17.1. The average molecular weight is 334 g/mol. The quantitative estimate of drug-likeness (QED) is 0.794. The van der Waals surface area contributed by atoms with Crippen LogP contribution in [0.4, 0.5) is 0 Å². The maximum atomic E-state index is 13.0. The molecule has 0 radical (unpaired) electrons. The van der Waals surface area contributed by atoms with Crippen LogP contribution in [-0.4, -0.2) is 48.4 Å². The number of carbonyl (C=O) groups is 1. The van der Waals surface area contributed by atoms with Gasteiger partial charge in [0.1, 0.15) is 0 Å². The van der Waals surface area contributed by atoms with Gasteiger partial charge < -0.3 is 4.90 Å². The van der Waals surface area contributed by atoms with Crippen molar-refractivity contribution in [3.05, 3.63) is 60.2 Å². The molecule has 0 aromatic heterocycles. The van der Waals surface area contributed by atoms with Gasteiger partial charge in [-0.2, -0.15) is 0 Å². The zero-order valence-corrected chi connectivity index (χ0v) is 14.7. The Morgan fingerprint density at radius 1 is 0.960 bits per heavy atom. The Morgan fingerprint density at radius 3 is 2.56 bits per heavy atom. The lowest BCUT2D eigenvalue weighted by atomic mass is 9.94. The summed E-state index contributed by atoms with van der Waals surface area (Å²) in [5.41, 5.74) is 0.837. The van der Waals surface area contributed by atoms with Crippen LogP contribution in [0.2, 0.25) is 0 Å². The van der Waals surface area contributed by atoms with Crippen LogP contribution in [0.3, 0.4) is 0 Å². The molecular weight excluding hydrogens is 308 g/mol. The third kappa shape index (κ3) is 3.62. The van der Waals surface area contributed by atoms with Gasteiger partial charge in [0.2, 0.25) is 0 Å². The summed E-state index contributed by atoms with van der Waals surface area (Å²) < 4.78 is 0. The fourth-order valence-electron chi connectivity index (χ4n) is 4.10. The zero-order valence-electron chi connectivity index (χ0n) is 14.7. The summed E-state index contributed by atoms with van der Waals surface area (Å²) in [6.07, 6.45) is 8.39. The first kappa shape index (κ1) is 16.3. The van der Waals surface area contributed by atoms with Gasteiger partial charge in [-0.05, 0) is 42.0 Å². The topological polar surface area (TPSA) is 23.6 Å². The van der Waals surface area contributed by atoms with Crippen molar-refractivity contribution < 1.29 is 4.79 Å². The lowest BCUT2D eigenvalue weighted by Gasteiger charge is -2.37. The van der Waals surface area contributed by atoms with Crippen molar-refractivity contribution in [1.82, 2.24) is 9.80 Å². The minimum atomic E-state index is 0.178. The van der Waals surface area contributed by atoms with Crippen LogP contribution in [-0.2, 0) is 0 Å². The lowest BCUT2D eigenvalue weighted by Crippen LogP contribution is -2.49. The van der Waals surface area contributed by atoms with E-state index in [9.17, 15) is 4.79 Å². The highest BCUT2D eigenvalue weighted by Crippen LogP contribution is 2.22. The number of hydrogen-bond donors (Lipinski definition) is 0. The van der Waals surface area contributed by atoms with Gasteiger partial charge in [-0.25, -0.2) is 0 Å². The summed E-state index contributed by atoms with van der Waals surface area (Å²) in [6.45, 7) is 4.85. The van der Waals surface area contributed by atoms with Crippen molar-refractivity contribution >= 4 is 16.7 Å². The largest absolute Gasteiger partial charge is 0.336 e. The summed E-state index contributed by atoms with van der Waals surface area (Å²) in [7, 11) is 0. The third-order valence-electron chi connectivity index (χ3n) is 5.57. The van der Waals surface area contributed by atoms with Crippen LogP contribution < -0.4 is 0 Å². The van der Waals surface area contributed by atoms with Gasteiger partial charge in [-0.15, -0.1) is 0 Å². The molecule has 1 heterocycles. The van der Waals surface area contributed by atoms with E-state index in [0.717, 1.165) is 48.4 Å². The molecule has 1 amide bonds. The van der Waals surface area contributed by atoms with Gasteiger partial charge in [-0.3, -0.25) is 9.69 Å². The molecule has 0 saturated carbocycles. The van der Waals surface area contributed by atoms with Crippen molar-refractivity contribution in [1.29, 1.82) is 0 Å². The molecule has 4 rings (SSSR count). The van der Waals surface area contributed by atoms with Crippen LogP contribution >= 0.6 is 0 Å². The smallest absolute Gasteiger partial charge is 0.254 e. The Hall–Kier alpha value is -2.13. The van der Waals surface area contributed by atoms with E-state index in [1.165, 1.54) is 25.8 Å². The second-order valence-corrected chi connectivity index (χ2v) is 7.27. The monoisotopic (exact) mass is 334 g/mol. The van der Waals surface area contributed by atoms with E-state index in [1.807, 2.05) is 29.2 Å². The molecule has 1 atom stereocenters. The van der Waals surface area contributed by atoms with Crippen LogP contribution in [0.15, 0.2) is 54.6 Å². The van der Waals surface area contributed by atoms with Crippen molar-refractivity contribution in [3.8, 4) is 0 Å². The number of rotatable bonds is 3. The van der Waals surface area contributed by atoms with Crippen molar-refractivity contribution in [3.63, 3.8) is 0 Å².